The molecule has 2 heterocycles. The number of carboxylic acids is 1. The van der Waals surface area contributed by atoms with Crippen molar-refractivity contribution in [2.24, 2.45) is 28.9 Å². The number of rotatable bonds is 49. The lowest BCUT2D eigenvalue weighted by Gasteiger charge is -2.29. The number of aromatic hydroxyl groups is 1. The molecule has 0 aliphatic carbocycles. The third-order valence-electron chi connectivity index (χ3n) is 18.8. The number of aromatic amines is 2. The Balaban J connectivity index is 1.29. The van der Waals surface area contributed by atoms with Crippen molar-refractivity contribution in [2.75, 3.05) is 11.5 Å². The Kier molecular flexibility index (Phi) is 36.9. The van der Waals surface area contributed by atoms with Gasteiger partial charge in [0, 0.05) is 97.6 Å². The van der Waals surface area contributed by atoms with Crippen molar-refractivity contribution in [2.45, 2.75) is 190 Å². The number of fused-ring (bicyclic) bond motifs is 2. The smallest absolute Gasteiger partial charge is 0.303 e. The molecule has 16 amide bonds. The summed E-state index contributed by atoms with van der Waals surface area (Å²) < 4.78 is 0. The van der Waals surface area contributed by atoms with Crippen molar-refractivity contribution < 1.29 is 96.8 Å². The molecule has 25 N–H and O–H groups in total. The zero-order valence-electron chi connectivity index (χ0n) is 65.1. The molecule has 0 fully saturated rings. The number of benzene rings is 4. The first-order valence-corrected chi connectivity index (χ1v) is 39.0. The summed E-state index contributed by atoms with van der Waals surface area (Å²) in [7, 11) is 0. The van der Waals surface area contributed by atoms with Gasteiger partial charge < -0.3 is 112 Å². The van der Waals surface area contributed by atoms with Crippen molar-refractivity contribution in [3.8, 4) is 5.75 Å². The summed E-state index contributed by atoms with van der Waals surface area (Å²) in [5.41, 5.74) is 25.0. The van der Waals surface area contributed by atoms with Crippen LogP contribution in [0.3, 0.4) is 0 Å². The SMILES string of the molecule is CC(=O)N[C@@H](CS)C(=O)N[C@@H](CCC(N)=O)C(=O)N[C@H](C(=O)N[C@@H](Cc1c[nH]c2ccccc12)C(=O)N[C@@H](CCC(N)=O)C(=O)N[C@@H](CS)C(=O)N[C@@H](Cc1ccc(O)cc1)C(=O)N[C@@H](Cc1c[nH]c2ccccc12)C(=O)N[C@@H](CCC(C)C)C(=O)N[C@@H](CCC(=O)O)C(=O)N[C@@H](CC(N)=O)C(=O)N[C@@H](Cc1ccccc1)C(N)=O)[C@@H](C)O. The summed E-state index contributed by atoms with van der Waals surface area (Å²) in [4.78, 5) is 239. The standard InChI is InChI=1S/C78H102N18O20S2/c1-39(2)18-23-51(68(106)86-54(26-29-65(103)104)69(107)93-59(34-64(81)102)75(113)90-55(67(82)105)30-42-12-6-5-7-13-42)87-73(111)57(32-44-35-83-49-16-10-8-14-47(44)49)92-72(110)56(31-43-19-21-46(99)22-20-43)91-77(115)61(38-118)95-70(108)52(24-27-62(79)100)88-74(112)58(33-45-36-84-50-17-11-9-15-48(45)50)94-78(116)66(40(3)97)96-71(109)53(25-28-63(80)101)89-76(114)60(37-117)85-41(4)98/h5-17,19-22,35-36,39-40,51-61,66,83-84,97,99,117-118H,18,23-34,37-38H2,1-4H3,(H2,79,100)(H2,80,101)(H2,81,102)(H2,82,105)(H,85,98)(H,86,106)(H,87,111)(H,88,112)(H,89,114)(H,90,113)(H,91,115)(H,92,110)(H,93,107)(H,94,116)(H,95,108)(H,96,109)(H,103,104)/t40-,51+,52+,53+,54+,55+,56+,57+,58+,59+,60+,61+,66+/m1/s1. The normalized spacial score (nSPS) is 14.5. The molecule has 0 bridgehead atoms. The van der Waals surface area contributed by atoms with Crippen LogP contribution in [0.25, 0.3) is 21.8 Å². The Morgan fingerprint density at radius 1 is 0.373 bits per heavy atom. The van der Waals surface area contributed by atoms with E-state index in [1.54, 1.807) is 98.9 Å². The number of nitrogens with two attached hydrogens (primary N) is 4. The van der Waals surface area contributed by atoms with Gasteiger partial charge in [0.1, 0.15) is 78.3 Å². The summed E-state index contributed by atoms with van der Waals surface area (Å²) in [6.07, 6.45) is -4.00. The fourth-order valence-electron chi connectivity index (χ4n) is 12.4. The maximum Gasteiger partial charge on any atom is 0.303 e. The molecule has 0 spiro atoms. The molecular formula is C78H102N18O20S2. The largest absolute Gasteiger partial charge is 0.508 e. The molecule has 38 nitrogen and oxygen atoms in total. The fraction of sp³-hybridized carbons (Fsp3) is 0.423. The Bertz CT molecular complexity index is 4580. The van der Waals surface area contributed by atoms with Crippen LogP contribution in [0.2, 0.25) is 0 Å². The summed E-state index contributed by atoms with van der Waals surface area (Å²) in [5.74, 6) is -19.1. The first kappa shape index (κ1) is 94.3. The van der Waals surface area contributed by atoms with Crippen molar-refractivity contribution in [3.63, 3.8) is 0 Å². The van der Waals surface area contributed by atoms with Crippen LogP contribution in [0.5, 0.6) is 5.75 Å². The van der Waals surface area contributed by atoms with Gasteiger partial charge >= 0.3 is 5.97 Å². The van der Waals surface area contributed by atoms with Crippen LogP contribution >= 0.6 is 25.3 Å². The van der Waals surface area contributed by atoms with E-state index in [1.807, 2.05) is 0 Å². The third kappa shape index (κ3) is 30.2. The minimum atomic E-state index is -1.92. The lowest BCUT2D eigenvalue weighted by atomic mass is 9.99. The number of aliphatic hydroxyl groups excluding tert-OH is 1. The molecule has 4 aromatic carbocycles. The second-order valence-electron chi connectivity index (χ2n) is 28.6. The van der Waals surface area contributed by atoms with Gasteiger partial charge in [0.25, 0.3) is 0 Å². The van der Waals surface area contributed by atoms with Gasteiger partial charge in [-0.15, -0.1) is 0 Å². The molecule has 40 heteroatoms. The number of nitrogens with one attached hydrogen (secondary N) is 14. The number of carbonyl (C=O) groups is 17. The first-order chi connectivity index (χ1) is 55.9. The van der Waals surface area contributed by atoms with E-state index in [0.717, 1.165) is 13.8 Å². The molecular weight excluding hydrogens is 1570 g/mol. The van der Waals surface area contributed by atoms with Gasteiger partial charge in [0.05, 0.1) is 12.5 Å². The summed E-state index contributed by atoms with van der Waals surface area (Å²) in [5, 5.41) is 62.1. The highest BCUT2D eigenvalue weighted by Crippen LogP contribution is 2.23. The predicted molar refractivity (Wildman–Crippen MR) is 435 cm³/mol. The van der Waals surface area contributed by atoms with Gasteiger partial charge in [0.15, 0.2) is 0 Å². The van der Waals surface area contributed by atoms with Gasteiger partial charge in [-0.25, -0.2) is 0 Å². The number of thiol groups is 2. The Morgan fingerprint density at radius 3 is 1.14 bits per heavy atom. The predicted octanol–water partition coefficient (Wildman–Crippen LogP) is -3.10. The molecule has 6 rings (SSSR count). The van der Waals surface area contributed by atoms with Crippen LogP contribution in [-0.4, -0.2) is 216 Å². The Morgan fingerprint density at radius 2 is 0.720 bits per heavy atom. The van der Waals surface area contributed by atoms with Crippen LogP contribution in [0, 0.1) is 5.92 Å². The maximum absolute atomic E-state index is 15.2. The van der Waals surface area contributed by atoms with Gasteiger partial charge in [0.2, 0.25) is 94.5 Å². The van der Waals surface area contributed by atoms with Crippen molar-refractivity contribution >= 4 is 148 Å². The number of hydrogen-bond acceptors (Lipinski definition) is 21. The maximum atomic E-state index is 15.2. The van der Waals surface area contributed by atoms with E-state index in [1.165, 1.54) is 30.5 Å². The molecule has 636 valence electrons. The molecule has 0 aliphatic heterocycles. The summed E-state index contributed by atoms with van der Waals surface area (Å²) >= 11 is 8.46. The van der Waals surface area contributed by atoms with E-state index in [2.05, 4.69) is 99.0 Å². The number of primary amides is 4. The number of aliphatic hydroxyl groups is 1. The van der Waals surface area contributed by atoms with Crippen LogP contribution in [0.4, 0.5) is 0 Å². The average molecular weight is 1680 g/mol. The van der Waals surface area contributed by atoms with E-state index < -0.39 is 236 Å². The minimum absolute atomic E-state index is 0.103. The van der Waals surface area contributed by atoms with Gasteiger partial charge in [-0.1, -0.05) is 92.7 Å². The molecule has 0 saturated heterocycles. The number of H-pyrrole nitrogens is 2. The van der Waals surface area contributed by atoms with Crippen LogP contribution in [0.1, 0.15) is 108 Å². The van der Waals surface area contributed by atoms with E-state index >= 15 is 9.59 Å². The molecule has 0 unspecified atom stereocenters. The summed E-state index contributed by atoms with van der Waals surface area (Å²) in [6, 6.07) is 7.55. The number of aromatic nitrogens is 2. The highest BCUT2D eigenvalue weighted by Gasteiger charge is 2.39. The van der Waals surface area contributed by atoms with Gasteiger partial charge in [-0.2, -0.15) is 25.3 Å². The Labute approximate surface area is 688 Å². The number of amides is 16. The second-order valence-corrected chi connectivity index (χ2v) is 29.4. The summed E-state index contributed by atoms with van der Waals surface area (Å²) in [6.45, 7) is 5.85. The van der Waals surface area contributed by atoms with Gasteiger partial charge in [-0.05, 0) is 91.5 Å². The Hall–Kier alpha value is -12.6. The molecule has 0 radical (unpaired) electrons. The monoisotopic (exact) mass is 1670 g/mol. The lowest BCUT2D eigenvalue weighted by molar-refractivity contribution is -0.139. The quantitative estimate of drug-likeness (QED) is 0.0168. The number of para-hydroxylation sites is 2. The highest BCUT2D eigenvalue weighted by molar-refractivity contribution is 7.80. The van der Waals surface area contributed by atoms with Gasteiger partial charge in [-0.3, -0.25) is 81.5 Å². The zero-order chi connectivity index (χ0) is 87.0. The van der Waals surface area contributed by atoms with Crippen LogP contribution < -0.4 is 86.7 Å². The van der Waals surface area contributed by atoms with Crippen molar-refractivity contribution in [3.05, 3.63) is 138 Å². The fourth-order valence-corrected chi connectivity index (χ4v) is 13.0. The highest BCUT2D eigenvalue weighted by atomic mass is 32.1. The van der Waals surface area contributed by atoms with Crippen molar-refractivity contribution in [1.82, 2.24) is 73.8 Å². The van der Waals surface area contributed by atoms with E-state index in [9.17, 15) is 87.2 Å². The average Bonchev–Trinajstić information content (AvgIpc) is 1.72. The molecule has 0 saturated carbocycles. The van der Waals surface area contributed by atoms with E-state index in [0.29, 0.717) is 44.1 Å². The number of hydrogen-bond donors (Lipinski definition) is 23. The van der Waals surface area contributed by atoms with Crippen LogP contribution in [-0.2, 0) is 107 Å². The topological polar surface area (TPSA) is 631 Å². The molecule has 2 aromatic heterocycles. The number of phenols is 1. The first-order valence-electron chi connectivity index (χ1n) is 37.7. The van der Waals surface area contributed by atoms with E-state index in [-0.39, 0.29) is 49.5 Å². The zero-order valence-corrected chi connectivity index (χ0v) is 66.9. The number of aliphatic carboxylic acids is 1. The molecule has 118 heavy (non-hydrogen) atoms. The van der Waals surface area contributed by atoms with Crippen molar-refractivity contribution in [1.29, 1.82) is 0 Å². The second kappa shape index (κ2) is 46.2. The molecule has 0 aliphatic rings. The van der Waals surface area contributed by atoms with E-state index in [4.69, 9.17) is 22.9 Å². The number of carbonyl (C=O) groups excluding carboxylic acids is 16. The van der Waals surface area contributed by atoms with Crippen LogP contribution in [0.15, 0.2) is 116 Å². The third-order valence-corrected chi connectivity index (χ3v) is 19.5. The molecule has 13 atom stereocenters. The lowest BCUT2D eigenvalue weighted by Crippen LogP contribution is -2.62. The molecule has 6 aromatic rings. The number of carboxylic acid groups (broad SMARTS) is 1. The minimum Gasteiger partial charge on any atom is -0.508 e. The number of phenolic OH excluding ortho intramolecular Hbond substituents is 1.